The fourth-order valence-electron chi connectivity index (χ4n) is 0.387. The molecular weight excluding hydrogens is 152 g/mol. The van der Waals surface area contributed by atoms with Gasteiger partial charge in [0, 0.05) is 6.92 Å². The molecule has 0 aliphatic heterocycles. The Morgan fingerprint density at radius 2 is 1.82 bits per heavy atom. The zero-order valence-electron chi connectivity index (χ0n) is 6.20. The average molecular weight is 162 g/mol. The zero-order chi connectivity index (χ0) is 8.69. The van der Waals surface area contributed by atoms with Gasteiger partial charge >= 0.3 is 11.9 Å². The lowest BCUT2D eigenvalue weighted by Crippen LogP contribution is -2.14. The predicted molar refractivity (Wildman–Crippen MR) is 34.7 cm³/mol. The Balaban J connectivity index is 3.14. The van der Waals surface area contributed by atoms with Crippen molar-refractivity contribution in [2.24, 2.45) is 0 Å². The first-order chi connectivity index (χ1) is 5.16. The Kier molecular flexibility index (Phi) is 5.10. The van der Waals surface area contributed by atoms with Crippen LogP contribution in [-0.2, 0) is 19.1 Å². The van der Waals surface area contributed by atoms with Gasteiger partial charge in [0.15, 0.2) is 0 Å². The van der Waals surface area contributed by atoms with Crippen LogP contribution in [0.5, 0.6) is 0 Å². The van der Waals surface area contributed by atoms with Crippen molar-refractivity contribution in [1.82, 2.24) is 0 Å². The molecule has 0 fully saturated rings. The summed E-state index contributed by atoms with van der Waals surface area (Å²) in [6, 6.07) is 0. The molecule has 0 aliphatic rings. The molecule has 5 nitrogen and oxygen atoms in total. The molecule has 0 aromatic heterocycles. The number of hydrogen-bond acceptors (Lipinski definition) is 5. The van der Waals surface area contributed by atoms with E-state index >= 15 is 0 Å². The first-order valence-corrected chi connectivity index (χ1v) is 3.06. The van der Waals surface area contributed by atoms with Crippen LogP contribution in [-0.4, -0.2) is 36.9 Å². The molecule has 0 saturated carbocycles. The smallest absolute Gasteiger partial charge is 0.331 e. The van der Waals surface area contributed by atoms with Crippen molar-refractivity contribution in [2.45, 2.75) is 6.92 Å². The van der Waals surface area contributed by atoms with Gasteiger partial charge in [-0.15, -0.1) is 0 Å². The highest BCUT2D eigenvalue weighted by atomic mass is 16.6. The van der Waals surface area contributed by atoms with Gasteiger partial charge in [0.05, 0.1) is 0 Å². The minimum Gasteiger partial charge on any atom is -0.462 e. The first-order valence-electron chi connectivity index (χ1n) is 3.06. The Bertz CT molecular complexity index is 142. The van der Waals surface area contributed by atoms with Gasteiger partial charge in [-0.3, -0.25) is 4.79 Å². The Morgan fingerprint density at radius 3 is 2.27 bits per heavy atom. The van der Waals surface area contributed by atoms with E-state index < -0.39 is 18.5 Å². The predicted octanol–water partition coefficient (Wildman–Crippen LogP) is -0.915. The third kappa shape index (κ3) is 6.79. The molecule has 0 aromatic rings. The van der Waals surface area contributed by atoms with Crippen LogP contribution in [0.3, 0.4) is 0 Å². The molecule has 0 saturated heterocycles. The van der Waals surface area contributed by atoms with Crippen molar-refractivity contribution in [3.63, 3.8) is 0 Å². The highest BCUT2D eigenvalue weighted by molar-refractivity contribution is 5.70. The molecule has 0 rings (SSSR count). The number of carbonyl (C=O) groups excluding carboxylic acids is 2. The van der Waals surface area contributed by atoms with Gasteiger partial charge in [0.25, 0.3) is 0 Å². The molecule has 0 heterocycles. The maximum Gasteiger partial charge on any atom is 0.331 e. The van der Waals surface area contributed by atoms with Crippen LogP contribution in [0, 0.1) is 0 Å². The van der Waals surface area contributed by atoms with Crippen LogP contribution in [0.2, 0.25) is 0 Å². The molecule has 0 unspecified atom stereocenters. The maximum absolute atomic E-state index is 10.2. The van der Waals surface area contributed by atoms with Crippen LogP contribution >= 0.6 is 0 Å². The monoisotopic (exact) mass is 162 g/mol. The summed E-state index contributed by atoms with van der Waals surface area (Å²) in [5, 5.41) is 8.16. The topological polar surface area (TPSA) is 72.8 Å². The molecule has 0 aromatic carbocycles. The van der Waals surface area contributed by atoms with Gasteiger partial charge in [0.1, 0.15) is 19.8 Å². The summed E-state index contributed by atoms with van der Waals surface area (Å²) in [5.74, 6) is -1.15. The summed E-state index contributed by atoms with van der Waals surface area (Å²) >= 11 is 0. The molecular formula is C6H10O5. The number of aliphatic hydroxyl groups excluding tert-OH is 1. The fourth-order valence-corrected chi connectivity index (χ4v) is 0.387. The van der Waals surface area contributed by atoms with Gasteiger partial charge in [-0.1, -0.05) is 0 Å². The normalized spacial score (nSPS) is 8.91. The van der Waals surface area contributed by atoms with Crippen molar-refractivity contribution in [2.75, 3.05) is 19.8 Å². The second-order valence-electron chi connectivity index (χ2n) is 1.72. The number of aliphatic hydroxyl groups is 1. The summed E-state index contributed by atoms with van der Waals surface area (Å²) in [7, 11) is 0. The number of carbonyl (C=O) groups is 2. The zero-order valence-corrected chi connectivity index (χ0v) is 6.20. The fraction of sp³-hybridized carbons (Fsp3) is 0.667. The van der Waals surface area contributed by atoms with Gasteiger partial charge in [-0.25, -0.2) is 4.79 Å². The van der Waals surface area contributed by atoms with E-state index in [-0.39, 0.29) is 13.2 Å². The Morgan fingerprint density at radius 1 is 1.27 bits per heavy atom. The molecule has 1 N–H and O–H groups in total. The summed E-state index contributed by atoms with van der Waals surface area (Å²) in [6.45, 7) is 0.619. The van der Waals surface area contributed by atoms with E-state index in [4.69, 9.17) is 5.11 Å². The summed E-state index contributed by atoms with van der Waals surface area (Å²) < 4.78 is 8.81. The lowest BCUT2D eigenvalue weighted by Gasteiger charge is -2.01. The van der Waals surface area contributed by atoms with Crippen molar-refractivity contribution in [1.29, 1.82) is 0 Å². The molecule has 0 atom stereocenters. The molecule has 11 heavy (non-hydrogen) atoms. The van der Waals surface area contributed by atoms with Gasteiger partial charge in [-0.05, 0) is 0 Å². The Hall–Kier alpha value is -1.10. The van der Waals surface area contributed by atoms with Gasteiger partial charge in [0.2, 0.25) is 0 Å². The standard InChI is InChI=1S/C6H10O5/c1-5(8)10-2-3-11-6(9)4-7/h7H,2-4H2,1H3. The molecule has 0 aliphatic carbocycles. The van der Waals surface area contributed by atoms with E-state index in [2.05, 4.69) is 9.47 Å². The highest BCUT2D eigenvalue weighted by Crippen LogP contribution is 1.80. The first kappa shape index (κ1) is 9.90. The quantitative estimate of drug-likeness (QED) is 0.427. The number of rotatable bonds is 4. The molecule has 0 spiro atoms. The number of esters is 2. The molecule has 0 radical (unpaired) electrons. The van der Waals surface area contributed by atoms with E-state index in [9.17, 15) is 9.59 Å². The second-order valence-corrected chi connectivity index (χ2v) is 1.72. The third-order valence-electron chi connectivity index (χ3n) is 0.781. The molecule has 0 bridgehead atoms. The minimum absolute atomic E-state index is 0.0149. The van der Waals surface area contributed by atoms with Crippen molar-refractivity contribution in [3.05, 3.63) is 0 Å². The summed E-state index contributed by atoms with van der Waals surface area (Å²) in [6.07, 6.45) is 0. The van der Waals surface area contributed by atoms with Gasteiger partial charge < -0.3 is 14.6 Å². The molecule has 64 valence electrons. The number of ether oxygens (including phenoxy) is 2. The largest absolute Gasteiger partial charge is 0.462 e. The highest BCUT2D eigenvalue weighted by Gasteiger charge is 1.98. The lowest BCUT2D eigenvalue weighted by molar-refractivity contribution is -0.153. The molecule has 5 heteroatoms. The second kappa shape index (κ2) is 5.67. The van der Waals surface area contributed by atoms with Crippen LogP contribution in [0.25, 0.3) is 0 Å². The van der Waals surface area contributed by atoms with Crippen LogP contribution < -0.4 is 0 Å². The third-order valence-corrected chi connectivity index (χ3v) is 0.781. The van der Waals surface area contributed by atoms with E-state index in [1.807, 2.05) is 0 Å². The lowest BCUT2D eigenvalue weighted by atomic mass is 10.7. The van der Waals surface area contributed by atoms with Crippen LogP contribution in [0.15, 0.2) is 0 Å². The number of hydrogen-bond donors (Lipinski definition) is 1. The Labute approximate surface area is 63.9 Å². The summed E-state index contributed by atoms with van der Waals surface area (Å²) in [5.41, 5.74) is 0. The maximum atomic E-state index is 10.2. The van der Waals surface area contributed by atoms with Gasteiger partial charge in [-0.2, -0.15) is 0 Å². The van der Waals surface area contributed by atoms with Crippen LogP contribution in [0.4, 0.5) is 0 Å². The van der Waals surface area contributed by atoms with E-state index in [0.717, 1.165) is 0 Å². The van der Waals surface area contributed by atoms with Crippen molar-refractivity contribution in [3.8, 4) is 0 Å². The van der Waals surface area contributed by atoms with E-state index in [0.29, 0.717) is 0 Å². The van der Waals surface area contributed by atoms with Crippen molar-refractivity contribution < 1.29 is 24.2 Å². The average Bonchev–Trinajstić information content (AvgIpc) is 1.97. The van der Waals surface area contributed by atoms with Crippen molar-refractivity contribution >= 4 is 11.9 Å². The SMILES string of the molecule is CC(=O)OCCOC(=O)CO. The minimum atomic E-state index is -0.725. The molecule has 0 amide bonds. The summed E-state index contributed by atoms with van der Waals surface area (Å²) in [4.78, 5) is 20.4. The van der Waals surface area contributed by atoms with E-state index in [1.165, 1.54) is 6.92 Å². The van der Waals surface area contributed by atoms with Crippen LogP contribution in [0.1, 0.15) is 6.92 Å². The van der Waals surface area contributed by atoms with E-state index in [1.54, 1.807) is 0 Å².